The highest BCUT2D eigenvalue weighted by Crippen LogP contribution is 2.38. The predicted molar refractivity (Wildman–Crippen MR) is 139 cm³/mol. The maximum Gasteiger partial charge on any atom is 0.312 e. The fourth-order valence-corrected chi connectivity index (χ4v) is 4.58. The zero-order valence-electron chi connectivity index (χ0n) is 22.5. The molecule has 2 aromatic heterocycles. The summed E-state index contributed by atoms with van der Waals surface area (Å²) in [5, 5.41) is 18.1. The Morgan fingerprint density at radius 1 is 1.30 bits per heavy atom. The van der Waals surface area contributed by atoms with Crippen molar-refractivity contribution >= 4 is 5.97 Å². The quantitative estimate of drug-likeness (QED) is 0.457. The van der Waals surface area contributed by atoms with Gasteiger partial charge in [-0.2, -0.15) is 0 Å². The van der Waals surface area contributed by atoms with Crippen LogP contribution in [0.5, 0.6) is 5.75 Å². The Hall–Kier alpha value is -3.30. The standard InChI is InChI=1S/C28H37N5O4/c1-18(2)25-16-33(15-23-24(37-25)8-7-11-29-23)13-21-12-20(10-9-19(21)3)26(28(4,5)27(34)35)36-17-22-14-32(6)31-30-22/h7-12,14,18,25-26H,13,15-17H2,1-6H3,(H,34,35). The summed E-state index contributed by atoms with van der Waals surface area (Å²) < 4.78 is 14.1. The number of fused-ring (bicyclic) bond motifs is 1. The number of ether oxygens (including phenoxy) is 2. The van der Waals surface area contributed by atoms with Gasteiger partial charge in [0.1, 0.15) is 17.5 Å². The van der Waals surface area contributed by atoms with Crippen LogP contribution >= 0.6 is 0 Å². The fraction of sp³-hybridized carbons (Fsp3) is 0.500. The largest absolute Gasteiger partial charge is 0.487 e. The lowest BCUT2D eigenvalue weighted by molar-refractivity contribution is -0.158. The average Bonchev–Trinajstić information content (AvgIpc) is 3.16. The van der Waals surface area contributed by atoms with E-state index in [1.165, 1.54) is 0 Å². The van der Waals surface area contributed by atoms with E-state index in [4.69, 9.17) is 9.47 Å². The molecule has 0 spiro atoms. The smallest absolute Gasteiger partial charge is 0.312 e. The minimum Gasteiger partial charge on any atom is -0.487 e. The van der Waals surface area contributed by atoms with Gasteiger partial charge in [-0.15, -0.1) is 5.10 Å². The molecule has 4 rings (SSSR count). The topological polar surface area (TPSA) is 103 Å². The first kappa shape index (κ1) is 26.8. The maximum absolute atomic E-state index is 12.2. The van der Waals surface area contributed by atoms with Crippen molar-refractivity contribution < 1.29 is 19.4 Å². The molecule has 9 heteroatoms. The number of hydrogen-bond donors (Lipinski definition) is 1. The Morgan fingerprint density at radius 2 is 2.08 bits per heavy atom. The third kappa shape index (κ3) is 6.17. The van der Waals surface area contributed by atoms with E-state index >= 15 is 0 Å². The van der Waals surface area contributed by atoms with Crippen LogP contribution in [0, 0.1) is 18.3 Å². The zero-order valence-corrected chi connectivity index (χ0v) is 22.5. The Labute approximate surface area is 218 Å². The van der Waals surface area contributed by atoms with Gasteiger partial charge >= 0.3 is 5.97 Å². The van der Waals surface area contributed by atoms with Gasteiger partial charge in [-0.3, -0.25) is 19.4 Å². The number of hydrogen-bond acceptors (Lipinski definition) is 7. The first-order valence-electron chi connectivity index (χ1n) is 12.7. The van der Waals surface area contributed by atoms with Crippen LogP contribution in [-0.2, 0) is 36.3 Å². The van der Waals surface area contributed by atoms with Crippen LogP contribution in [0.15, 0.2) is 42.7 Å². The molecule has 37 heavy (non-hydrogen) atoms. The molecule has 3 aromatic rings. The molecule has 0 saturated heterocycles. The Bertz CT molecular complexity index is 1240. The second-order valence-electron chi connectivity index (χ2n) is 10.8. The van der Waals surface area contributed by atoms with Gasteiger partial charge in [0.2, 0.25) is 0 Å². The highest BCUT2D eigenvalue weighted by Gasteiger charge is 2.39. The second kappa shape index (κ2) is 11.0. The van der Waals surface area contributed by atoms with Crippen molar-refractivity contribution in [3.63, 3.8) is 0 Å². The highest BCUT2D eigenvalue weighted by molar-refractivity contribution is 5.74. The molecule has 1 aromatic carbocycles. The van der Waals surface area contributed by atoms with Crippen LogP contribution in [0.3, 0.4) is 0 Å². The van der Waals surface area contributed by atoms with Crippen molar-refractivity contribution in [2.24, 2.45) is 18.4 Å². The zero-order chi connectivity index (χ0) is 26.7. The van der Waals surface area contributed by atoms with Gasteiger partial charge in [0.25, 0.3) is 0 Å². The fourth-order valence-electron chi connectivity index (χ4n) is 4.58. The van der Waals surface area contributed by atoms with Gasteiger partial charge in [0.15, 0.2) is 0 Å². The van der Waals surface area contributed by atoms with Gasteiger partial charge in [-0.1, -0.05) is 37.3 Å². The van der Waals surface area contributed by atoms with Crippen LogP contribution in [0.2, 0.25) is 0 Å². The molecule has 0 amide bonds. The third-order valence-electron chi connectivity index (χ3n) is 7.01. The molecule has 0 saturated carbocycles. The molecule has 2 atom stereocenters. The van der Waals surface area contributed by atoms with E-state index in [-0.39, 0.29) is 12.7 Å². The van der Waals surface area contributed by atoms with E-state index in [2.05, 4.69) is 47.0 Å². The van der Waals surface area contributed by atoms with E-state index < -0.39 is 17.5 Å². The number of carboxylic acid groups (broad SMARTS) is 1. The van der Waals surface area contributed by atoms with Crippen molar-refractivity contribution in [3.8, 4) is 5.75 Å². The highest BCUT2D eigenvalue weighted by atomic mass is 16.5. The molecular weight excluding hydrogens is 470 g/mol. The molecule has 1 N–H and O–H groups in total. The lowest BCUT2D eigenvalue weighted by Gasteiger charge is -2.31. The lowest BCUT2D eigenvalue weighted by Crippen LogP contribution is -2.36. The molecule has 2 unspecified atom stereocenters. The normalized spacial score (nSPS) is 17.2. The van der Waals surface area contributed by atoms with Crippen LogP contribution in [0.4, 0.5) is 0 Å². The van der Waals surface area contributed by atoms with Gasteiger partial charge in [-0.05, 0) is 55.5 Å². The van der Waals surface area contributed by atoms with Crippen molar-refractivity contribution in [3.05, 3.63) is 70.8 Å². The number of carboxylic acids is 1. The van der Waals surface area contributed by atoms with E-state index in [0.29, 0.717) is 24.7 Å². The van der Waals surface area contributed by atoms with Crippen molar-refractivity contribution in [2.75, 3.05) is 6.54 Å². The van der Waals surface area contributed by atoms with Crippen LogP contribution in [0.1, 0.15) is 61.9 Å². The van der Waals surface area contributed by atoms with Crippen molar-refractivity contribution in [1.29, 1.82) is 0 Å². The number of pyridine rings is 1. The summed E-state index contributed by atoms with van der Waals surface area (Å²) in [6.07, 6.45) is 2.94. The first-order valence-corrected chi connectivity index (χ1v) is 12.7. The molecular formula is C28H37N5O4. The molecule has 0 aliphatic carbocycles. The van der Waals surface area contributed by atoms with E-state index in [9.17, 15) is 9.90 Å². The molecule has 0 bridgehead atoms. The van der Waals surface area contributed by atoms with Gasteiger partial charge < -0.3 is 14.6 Å². The predicted octanol–water partition coefficient (Wildman–Crippen LogP) is 4.31. The molecule has 1 aliphatic heterocycles. The molecule has 9 nitrogen and oxygen atoms in total. The third-order valence-corrected chi connectivity index (χ3v) is 7.01. The monoisotopic (exact) mass is 507 g/mol. The van der Waals surface area contributed by atoms with Crippen molar-refractivity contribution in [1.82, 2.24) is 24.9 Å². The summed E-state index contributed by atoms with van der Waals surface area (Å²) in [6, 6.07) is 9.98. The Morgan fingerprint density at radius 3 is 2.76 bits per heavy atom. The number of carbonyl (C=O) groups is 1. The van der Waals surface area contributed by atoms with E-state index in [1.54, 1.807) is 38.0 Å². The summed E-state index contributed by atoms with van der Waals surface area (Å²) in [4.78, 5) is 19.2. The molecule has 198 valence electrons. The van der Waals surface area contributed by atoms with Crippen LogP contribution < -0.4 is 4.74 Å². The number of aromatic nitrogens is 4. The number of rotatable bonds is 9. The maximum atomic E-state index is 12.2. The Balaban J connectivity index is 1.62. The van der Waals surface area contributed by atoms with Gasteiger partial charge in [0, 0.05) is 32.9 Å². The van der Waals surface area contributed by atoms with Crippen LogP contribution in [0.25, 0.3) is 0 Å². The van der Waals surface area contributed by atoms with Crippen LogP contribution in [-0.4, -0.2) is 48.6 Å². The summed E-state index contributed by atoms with van der Waals surface area (Å²) in [6.45, 7) is 12.1. The number of aryl methyl sites for hydroxylation is 2. The lowest BCUT2D eigenvalue weighted by atomic mass is 9.81. The van der Waals surface area contributed by atoms with Gasteiger partial charge in [0.05, 0.1) is 30.0 Å². The average molecular weight is 508 g/mol. The van der Waals surface area contributed by atoms with E-state index in [0.717, 1.165) is 34.7 Å². The number of nitrogens with zero attached hydrogens (tertiary/aromatic N) is 5. The summed E-state index contributed by atoms with van der Waals surface area (Å²) in [5.41, 5.74) is 3.50. The summed E-state index contributed by atoms with van der Waals surface area (Å²) in [5.74, 6) is 0.261. The van der Waals surface area contributed by atoms with Gasteiger partial charge in [-0.25, -0.2) is 0 Å². The molecule has 0 radical (unpaired) electrons. The minimum absolute atomic E-state index is 0.0444. The number of benzene rings is 1. The van der Waals surface area contributed by atoms with Crippen molar-refractivity contribution in [2.45, 2.75) is 66.5 Å². The molecule has 3 heterocycles. The van der Waals surface area contributed by atoms with E-state index in [1.807, 2.05) is 24.3 Å². The summed E-state index contributed by atoms with van der Waals surface area (Å²) in [7, 11) is 1.78. The molecule has 0 fully saturated rings. The Kier molecular flexibility index (Phi) is 7.94. The SMILES string of the molecule is Cc1ccc(C(OCc2cn(C)nn2)C(C)(C)C(=O)O)cc1CN1Cc2ncccc2OC(C(C)C)C1. The number of aliphatic carboxylic acids is 1. The second-order valence-corrected chi connectivity index (χ2v) is 10.8. The minimum atomic E-state index is -1.16. The molecule has 1 aliphatic rings. The first-order chi connectivity index (χ1) is 17.5. The summed E-state index contributed by atoms with van der Waals surface area (Å²) >= 11 is 0.